The number of morpholine rings is 1. The first-order valence-electron chi connectivity index (χ1n) is 9.46. The minimum atomic E-state index is -0.360. The Labute approximate surface area is 171 Å². The summed E-state index contributed by atoms with van der Waals surface area (Å²) in [6.45, 7) is 2.43. The van der Waals surface area contributed by atoms with Crippen molar-refractivity contribution in [2.75, 3.05) is 38.3 Å². The van der Waals surface area contributed by atoms with E-state index in [-0.39, 0.29) is 30.6 Å². The lowest BCUT2D eigenvalue weighted by Gasteiger charge is -2.26. The number of benzene rings is 1. The van der Waals surface area contributed by atoms with Crippen molar-refractivity contribution in [3.8, 4) is 6.01 Å². The SMILES string of the molecule is COc1nc(CNC(=O)Cn2cnc3ccccc3c2=O)nc(N2CCOCC2)n1. The van der Waals surface area contributed by atoms with Crippen molar-refractivity contribution < 1.29 is 14.3 Å². The fourth-order valence-corrected chi connectivity index (χ4v) is 3.07. The largest absolute Gasteiger partial charge is 0.467 e. The Hall–Kier alpha value is -3.60. The number of rotatable bonds is 6. The van der Waals surface area contributed by atoms with Gasteiger partial charge in [0.2, 0.25) is 11.9 Å². The number of nitrogens with one attached hydrogen (secondary N) is 1. The summed E-state index contributed by atoms with van der Waals surface area (Å²) in [7, 11) is 1.47. The Morgan fingerprint density at radius 1 is 1.20 bits per heavy atom. The molecule has 3 aromatic rings. The average molecular weight is 411 g/mol. The van der Waals surface area contributed by atoms with Gasteiger partial charge in [0.25, 0.3) is 5.56 Å². The van der Waals surface area contributed by atoms with Crippen LogP contribution in [0.4, 0.5) is 5.95 Å². The van der Waals surface area contributed by atoms with Crippen molar-refractivity contribution >= 4 is 22.8 Å². The molecule has 1 aliphatic heterocycles. The normalized spacial score (nSPS) is 14.0. The van der Waals surface area contributed by atoms with Crippen molar-refractivity contribution in [3.05, 3.63) is 46.8 Å². The quantitative estimate of drug-likeness (QED) is 0.584. The van der Waals surface area contributed by atoms with Crippen LogP contribution in [0, 0.1) is 0 Å². The summed E-state index contributed by atoms with van der Waals surface area (Å²) >= 11 is 0. The van der Waals surface area contributed by atoms with E-state index in [1.807, 2.05) is 4.90 Å². The van der Waals surface area contributed by atoms with E-state index in [1.54, 1.807) is 24.3 Å². The van der Waals surface area contributed by atoms with Crippen molar-refractivity contribution in [3.63, 3.8) is 0 Å². The summed E-state index contributed by atoms with van der Waals surface area (Å²) in [6.07, 6.45) is 1.37. The number of aromatic nitrogens is 5. The first-order chi connectivity index (χ1) is 14.6. The number of ether oxygens (including phenoxy) is 2. The Bertz CT molecular complexity index is 1110. The van der Waals surface area contributed by atoms with Gasteiger partial charge in [-0.25, -0.2) is 4.98 Å². The summed E-state index contributed by atoms with van der Waals surface area (Å²) in [5.41, 5.74) is 0.319. The summed E-state index contributed by atoms with van der Waals surface area (Å²) in [6, 6.07) is 7.17. The Morgan fingerprint density at radius 2 is 2.00 bits per heavy atom. The fraction of sp³-hybridized carbons (Fsp3) is 0.368. The molecule has 30 heavy (non-hydrogen) atoms. The van der Waals surface area contributed by atoms with Crippen LogP contribution < -0.4 is 20.5 Å². The van der Waals surface area contributed by atoms with Gasteiger partial charge in [0.1, 0.15) is 6.54 Å². The maximum atomic E-state index is 12.5. The molecule has 0 atom stereocenters. The van der Waals surface area contributed by atoms with E-state index in [0.717, 1.165) is 0 Å². The van der Waals surface area contributed by atoms with E-state index in [4.69, 9.17) is 9.47 Å². The van der Waals surface area contributed by atoms with E-state index in [0.29, 0.717) is 49.0 Å². The number of nitrogens with zero attached hydrogens (tertiary/aromatic N) is 6. The molecule has 1 saturated heterocycles. The van der Waals surface area contributed by atoms with Crippen LogP contribution in [0.2, 0.25) is 0 Å². The second-order valence-electron chi connectivity index (χ2n) is 6.61. The predicted molar refractivity (Wildman–Crippen MR) is 107 cm³/mol. The molecule has 3 heterocycles. The molecule has 0 aliphatic carbocycles. The van der Waals surface area contributed by atoms with E-state index >= 15 is 0 Å². The molecule has 1 aliphatic rings. The van der Waals surface area contributed by atoms with E-state index in [2.05, 4.69) is 25.3 Å². The first kappa shape index (κ1) is 19.7. The van der Waals surface area contributed by atoms with Gasteiger partial charge in [-0.3, -0.25) is 14.2 Å². The lowest BCUT2D eigenvalue weighted by Crippen LogP contribution is -2.38. The molecule has 2 aromatic heterocycles. The number of hydrogen-bond acceptors (Lipinski definition) is 9. The zero-order valence-electron chi connectivity index (χ0n) is 16.4. The average Bonchev–Trinajstić information content (AvgIpc) is 2.80. The molecule has 1 amide bonds. The van der Waals surface area contributed by atoms with Gasteiger partial charge >= 0.3 is 6.01 Å². The highest BCUT2D eigenvalue weighted by atomic mass is 16.5. The van der Waals surface area contributed by atoms with Gasteiger partial charge in [0, 0.05) is 13.1 Å². The highest BCUT2D eigenvalue weighted by Crippen LogP contribution is 2.13. The van der Waals surface area contributed by atoms with Crippen LogP contribution in [-0.2, 0) is 22.6 Å². The molecular weight excluding hydrogens is 390 g/mol. The molecule has 0 unspecified atom stereocenters. The van der Waals surface area contributed by atoms with Crippen molar-refractivity contribution in [2.45, 2.75) is 13.1 Å². The number of methoxy groups -OCH3 is 1. The van der Waals surface area contributed by atoms with Crippen molar-refractivity contribution in [1.29, 1.82) is 0 Å². The molecule has 11 nitrogen and oxygen atoms in total. The molecule has 0 bridgehead atoms. The highest BCUT2D eigenvalue weighted by Gasteiger charge is 2.17. The third-order valence-corrected chi connectivity index (χ3v) is 4.62. The standard InChI is InChI=1S/C19H21N7O4/c1-29-19-23-15(22-18(24-19)25-6-8-30-9-7-25)10-20-16(27)11-26-12-21-14-5-3-2-4-13(14)17(26)28/h2-5,12H,6-11H2,1H3,(H,20,27). The molecule has 1 fully saturated rings. The van der Waals surface area contributed by atoms with Crippen LogP contribution in [0.25, 0.3) is 10.9 Å². The number of amides is 1. The van der Waals surface area contributed by atoms with Crippen molar-refractivity contribution in [1.82, 2.24) is 29.8 Å². The number of fused-ring (bicyclic) bond motifs is 1. The molecule has 0 radical (unpaired) electrons. The Kier molecular flexibility index (Phi) is 5.80. The number of carbonyl (C=O) groups excluding carboxylic acids is 1. The van der Waals surface area contributed by atoms with Crippen LogP contribution in [0.5, 0.6) is 6.01 Å². The van der Waals surface area contributed by atoms with Gasteiger partial charge in [-0.1, -0.05) is 12.1 Å². The number of hydrogen-bond donors (Lipinski definition) is 1. The Balaban J connectivity index is 1.45. The molecule has 0 spiro atoms. The molecule has 4 rings (SSSR count). The second kappa shape index (κ2) is 8.82. The van der Waals surface area contributed by atoms with Crippen LogP contribution >= 0.6 is 0 Å². The molecular formula is C19H21N7O4. The minimum Gasteiger partial charge on any atom is -0.467 e. The van der Waals surface area contributed by atoms with Crippen LogP contribution in [0.3, 0.4) is 0 Å². The van der Waals surface area contributed by atoms with E-state index in [1.165, 1.54) is 18.0 Å². The Morgan fingerprint density at radius 3 is 2.80 bits per heavy atom. The predicted octanol–water partition coefficient (Wildman–Crippen LogP) is -0.257. The first-order valence-corrected chi connectivity index (χ1v) is 9.46. The summed E-state index contributed by atoms with van der Waals surface area (Å²) in [4.78, 5) is 44.0. The van der Waals surface area contributed by atoms with Crippen LogP contribution in [0.1, 0.15) is 5.82 Å². The molecule has 1 N–H and O–H groups in total. The third-order valence-electron chi connectivity index (χ3n) is 4.62. The summed E-state index contributed by atoms with van der Waals surface area (Å²) < 4.78 is 11.8. The van der Waals surface area contributed by atoms with Crippen LogP contribution in [-0.4, -0.2) is 63.8 Å². The van der Waals surface area contributed by atoms with Gasteiger partial charge < -0.3 is 19.7 Å². The zero-order chi connectivity index (χ0) is 20.9. The number of para-hydroxylation sites is 1. The topological polar surface area (TPSA) is 124 Å². The van der Waals surface area contributed by atoms with Gasteiger partial charge in [-0.05, 0) is 12.1 Å². The second-order valence-corrected chi connectivity index (χ2v) is 6.61. The minimum absolute atomic E-state index is 0.0742. The lowest BCUT2D eigenvalue weighted by atomic mass is 10.2. The highest BCUT2D eigenvalue weighted by molar-refractivity contribution is 5.78. The third kappa shape index (κ3) is 4.35. The van der Waals surface area contributed by atoms with Crippen LogP contribution in [0.15, 0.2) is 35.4 Å². The fourth-order valence-electron chi connectivity index (χ4n) is 3.07. The number of anilines is 1. The smallest absolute Gasteiger partial charge is 0.321 e. The maximum absolute atomic E-state index is 12.5. The molecule has 0 saturated carbocycles. The molecule has 11 heteroatoms. The van der Waals surface area contributed by atoms with E-state index in [9.17, 15) is 9.59 Å². The van der Waals surface area contributed by atoms with Gasteiger partial charge in [0.05, 0.1) is 44.1 Å². The van der Waals surface area contributed by atoms with Crippen molar-refractivity contribution in [2.24, 2.45) is 0 Å². The van der Waals surface area contributed by atoms with E-state index < -0.39 is 0 Å². The van der Waals surface area contributed by atoms with Gasteiger partial charge in [-0.15, -0.1) is 0 Å². The summed E-state index contributed by atoms with van der Waals surface area (Å²) in [5.74, 6) is 0.478. The van der Waals surface area contributed by atoms with Gasteiger partial charge in [0.15, 0.2) is 5.82 Å². The molecule has 1 aromatic carbocycles. The zero-order valence-corrected chi connectivity index (χ0v) is 16.4. The maximum Gasteiger partial charge on any atom is 0.321 e. The molecule has 156 valence electrons. The number of carbonyl (C=O) groups is 1. The monoisotopic (exact) mass is 411 g/mol. The van der Waals surface area contributed by atoms with Gasteiger partial charge in [-0.2, -0.15) is 15.0 Å². The lowest BCUT2D eigenvalue weighted by molar-refractivity contribution is -0.121. The summed E-state index contributed by atoms with van der Waals surface area (Å²) in [5, 5.41) is 3.19.